The van der Waals surface area contributed by atoms with Crippen molar-refractivity contribution in [1.29, 1.82) is 0 Å². The molecule has 3 fully saturated rings. The van der Waals surface area contributed by atoms with E-state index in [1.165, 1.54) is 6.07 Å². The minimum Gasteiger partial charge on any atom is -0.381 e. The molecule has 24 heavy (non-hydrogen) atoms. The second-order valence-electron chi connectivity index (χ2n) is 7.30. The highest BCUT2D eigenvalue weighted by atomic mass is 19.1. The lowest BCUT2D eigenvalue weighted by Crippen LogP contribution is -2.54. The molecule has 4 nitrogen and oxygen atoms in total. The molecule has 3 saturated heterocycles. The largest absolute Gasteiger partial charge is 0.381 e. The third-order valence-corrected chi connectivity index (χ3v) is 6.02. The molecule has 3 aliphatic rings. The van der Waals surface area contributed by atoms with Crippen LogP contribution in [0.15, 0.2) is 24.3 Å². The van der Waals surface area contributed by atoms with Crippen LogP contribution in [-0.2, 0) is 14.9 Å². The Morgan fingerprint density at radius 1 is 1.21 bits per heavy atom. The predicted octanol–water partition coefficient (Wildman–Crippen LogP) is 2.23. The van der Waals surface area contributed by atoms with Crippen molar-refractivity contribution in [1.82, 2.24) is 10.2 Å². The fourth-order valence-electron chi connectivity index (χ4n) is 4.69. The van der Waals surface area contributed by atoms with Gasteiger partial charge < -0.3 is 15.0 Å². The SMILES string of the molecule is O=C(N1C2CCNCC1CC2)C1(c2cccc(F)c2)CCOCC1. The quantitative estimate of drug-likeness (QED) is 0.903. The summed E-state index contributed by atoms with van der Waals surface area (Å²) in [6.45, 7) is 2.96. The molecule has 3 aliphatic heterocycles. The van der Waals surface area contributed by atoms with Crippen LogP contribution in [-0.4, -0.2) is 49.2 Å². The van der Waals surface area contributed by atoms with Gasteiger partial charge >= 0.3 is 0 Å². The van der Waals surface area contributed by atoms with Gasteiger partial charge in [0.1, 0.15) is 5.82 Å². The Kier molecular flexibility index (Phi) is 4.31. The van der Waals surface area contributed by atoms with Crippen LogP contribution in [0.3, 0.4) is 0 Å². The van der Waals surface area contributed by atoms with E-state index >= 15 is 0 Å². The summed E-state index contributed by atoms with van der Waals surface area (Å²) in [6.07, 6.45) is 4.45. The van der Waals surface area contributed by atoms with Gasteiger partial charge in [-0.2, -0.15) is 0 Å². The van der Waals surface area contributed by atoms with E-state index in [9.17, 15) is 9.18 Å². The smallest absolute Gasteiger partial charge is 0.233 e. The highest BCUT2D eigenvalue weighted by Crippen LogP contribution is 2.41. The molecule has 2 atom stereocenters. The first-order chi connectivity index (χ1) is 11.7. The molecule has 0 aliphatic carbocycles. The topological polar surface area (TPSA) is 41.6 Å². The zero-order chi connectivity index (χ0) is 16.6. The van der Waals surface area contributed by atoms with Crippen LogP contribution in [0.4, 0.5) is 4.39 Å². The molecular weight excluding hydrogens is 307 g/mol. The second kappa shape index (κ2) is 6.45. The standard InChI is InChI=1S/C19H25FN2O2/c20-15-3-1-2-14(12-15)19(7-10-24-11-8-19)18(23)22-16-4-5-17(22)13-21-9-6-16/h1-3,12,16-17,21H,4-11,13H2. The lowest BCUT2D eigenvalue weighted by atomic mass is 9.72. The van der Waals surface area contributed by atoms with Gasteiger partial charge in [0.05, 0.1) is 5.41 Å². The average molecular weight is 332 g/mol. The molecule has 0 spiro atoms. The molecule has 0 aromatic heterocycles. The van der Waals surface area contributed by atoms with E-state index < -0.39 is 5.41 Å². The molecule has 1 N–H and O–H groups in total. The summed E-state index contributed by atoms with van der Waals surface area (Å²) in [5, 5.41) is 3.45. The summed E-state index contributed by atoms with van der Waals surface area (Å²) in [5.74, 6) is -0.0840. The molecule has 1 aromatic rings. The lowest BCUT2D eigenvalue weighted by Gasteiger charge is -2.42. The first-order valence-corrected chi connectivity index (χ1v) is 9.08. The molecule has 2 unspecified atom stereocenters. The molecule has 1 aromatic carbocycles. The van der Waals surface area contributed by atoms with Crippen LogP contribution in [0.5, 0.6) is 0 Å². The van der Waals surface area contributed by atoms with Crippen molar-refractivity contribution < 1.29 is 13.9 Å². The van der Waals surface area contributed by atoms with E-state index in [0.717, 1.165) is 37.9 Å². The zero-order valence-corrected chi connectivity index (χ0v) is 14.0. The number of rotatable bonds is 2. The summed E-state index contributed by atoms with van der Waals surface area (Å²) in [4.78, 5) is 15.9. The number of carbonyl (C=O) groups is 1. The fraction of sp³-hybridized carbons (Fsp3) is 0.632. The zero-order valence-electron chi connectivity index (χ0n) is 14.0. The van der Waals surface area contributed by atoms with Gasteiger partial charge in [-0.25, -0.2) is 4.39 Å². The highest BCUT2D eigenvalue weighted by Gasteiger charge is 2.49. The summed E-state index contributed by atoms with van der Waals surface area (Å²) in [7, 11) is 0. The maximum Gasteiger partial charge on any atom is 0.233 e. The van der Waals surface area contributed by atoms with Crippen LogP contribution >= 0.6 is 0 Å². The van der Waals surface area contributed by atoms with E-state index in [-0.39, 0.29) is 17.8 Å². The van der Waals surface area contributed by atoms with E-state index in [4.69, 9.17) is 4.74 Å². The van der Waals surface area contributed by atoms with E-state index in [2.05, 4.69) is 10.2 Å². The van der Waals surface area contributed by atoms with E-state index in [0.29, 0.717) is 32.1 Å². The predicted molar refractivity (Wildman–Crippen MR) is 89.3 cm³/mol. The average Bonchev–Trinajstić information content (AvgIpc) is 2.87. The Morgan fingerprint density at radius 2 is 2.00 bits per heavy atom. The van der Waals surface area contributed by atoms with Gasteiger partial charge in [-0.1, -0.05) is 12.1 Å². The number of hydrogen-bond acceptors (Lipinski definition) is 3. The van der Waals surface area contributed by atoms with Gasteiger partial charge in [-0.05, 0) is 56.3 Å². The van der Waals surface area contributed by atoms with Crippen molar-refractivity contribution in [3.05, 3.63) is 35.6 Å². The van der Waals surface area contributed by atoms with Crippen LogP contribution in [0, 0.1) is 5.82 Å². The third kappa shape index (κ3) is 2.64. The van der Waals surface area contributed by atoms with Crippen LogP contribution in [0.2, 0.25) is 0 Å². The van der Waals surface area contributed by atoms with Crippen LogP contribution in [0.1, 0.15) is 37.7 Å². The minimum atomic E-state index is -0.633. The van der Waals surface area contributed by atoms with Gasteiger partial charge in [0.2, 0.25) is 5.91 Å². The van der Waals surface area contributed by atoms with Crippen LogP contribution < -0.4 is 5.32 Å². The van der Waals surface area contributed by atoms with Gasteiger partial charge in [0.25, 0.3) is 0 Å². The Hall–Kier alpha value is -1.46. The molecule has 3 heterocycles. The highest BCUT2D eigenvalue weighted by molar-refractivity contribution is 5.89. The number of benzene rings is 1. The number of hydrogen-bond donors (Lipinski definition) is 1. The van der Waals surface area contributed by atoms with Crippen molar-refractivity contribution in [2.45, 2.75) is 49.6 Å². The summed E-state index contributed by atoms with van der Waals surface area (Å²) >= 11 is 0. The number of amides is 1. The molecule has 0 saturated carbocycles. The Labute approximate surface area is 142 Å². The Bertz CT molecular complexity index is 601. The molecular formula is C19H25FN2O2. The number of halogens is 1. The summed E-state index contributed by atoms with van der Waals surface area (Å²) < 4.78 is 19.4. The number of ether oxygens (including phenoxy) is 1. The van der Waals surface area contributed by atoms with E-state index in [1.807, 2.05) is 6.07 Å². The molecule has 130 valence electrons. The monoisotopic (exact) mass is 332 g/mol. The molecule has 4 rings (SSSR count). The molecule has 1 amide bonds. The molecule has 2 bridgehead atoms. The first kappa shape index (κ1) is 16.0. The van der Waals surface area contributed by atoms with E-state index in [1.54, 1.807) is 12.1 Å². The van der Waals surface area contributed by atoms with Gasteiger partial charge in [0.15, 0.2) is 0 Å². The van der Waals surface area contributed by atoms with Gasteiger partial charge in [-0.15, -0.1) is 0 Å². The number of carbonyl (C=O) groups excluding carboxylic acids is 1. The van der Waals surface area contributed by atoms with Crippen molar-refractivity contribution in [3.8, 4) is 0 Å². The van der Waals surface area contributed by atoms with Crippen molar-refractivity contribution in [2.24, 2.45) is 0 Å². The number of nitrogens with one attached hydrogen (secondary N) is 1. The van der Waals surface area contributed by atoms with Gasteiger partial charge in [-0.3, -0.25) is 4.79 Å². The Balaban J connectivity index is 1.72. The van der Waals surface area contributed by atoms with Crippen LogP contribution in [0.25, 0.3) is 0 Å². The summed E-state index contributed by atoms with van der Waals surface area (Å²) in [5.41, 5.74) is 0.179. The number of nitrogens with zero attached hydrogens (tertiary/aromatic N) is 1. The van der Waals surface area contributed by atoms with Crippen molar-refractivity contribution in [3.63, 3.8) is 0 Å². The van der Waals surface area contributed by atoms with Crippen molar-refractivity contribution >= 4 is 5.91 Å². The van der Waals surface area contributed by atoms with Gasteiger partial charge in [0, 0.05) is 31.8 Å². The fourth-order valence-corrected chi connectivity index (χ4v) is 4.69. The minimum absolute atomic E-state index is 0.188. The Morgan fingerprint density at radius 3 is 2.79 bits per heavy atom. The summed E-state index contributed by atoms with van der Waals surface area (Å²) in [6, 6.07) is 7.21. The lowest BCUT2D eigenvalue weighted by molar-refractivity contribution is -0.144. The first-order valence-electron chi connectivity index (χ1n) is 9.08. The normalized spacial score (nSPS) is 29.3. The third-order valence-electron chi connectivity index (χ3n) is 6.02. The maximum absolute atomic E-state index is 13.9. The maximum atomic E-state index is 13.9. The molecule has 5 heteroatoms. The second-order valence-corrected chi connectivity index (χ2v) is 7.30. The van der Waals surface area contributed by atoms with Crippen molar-refractivity contribution in [2.75, 3.05) is 26.3 Å². The number of fused-ring (bicyclic) bond motifs is 2. The molecule has 0 radical (unpaired) electrons.